The van der Waals surface area contributed by atoms with Crippen LogP contribution in [0.1, 0.15) is 38.5 Å². The summed E-state index contributed by atoms with van der Waals surface area (Å²) in [6.45, 7) is 0. The summed E-state index contributed by atoms with van der Waals surface area (Å²) in [6.07, 6.45) is 4.02. The molecule has 0 aromatic rings. The van der Waals surface area contributed by atoms with Gasteiger partial charge in [-0.1, -0.05) is 0 Å². The summed E-state index contributed by atoms with van der Waals surface area (Å²) < 4.78 is 5.17. The maximum Gasteiger partial charge on any atom is 0.311 e. The van der Waals surface area contributed by atoms with Gasteiger partial charge in [0.25, 0.3) is 0 Å². The lowest BCUT2D eigenvalue weighted by Gasteiger charge is -2.11. The standard InChI is InChI=1S/C11H14O4/c12-10(13)3-4-11(14)15-9-6-7-1-2-8(9)5-7/h7H,1-6H2,(H,12,13). The topological polar surface area (TPSA) is 63.6 Å². The number of hydrogen-bond acceptors (Lipinski definition) is 3. The molecule has 2 rings (SSSR count). The predicted octanol–water partition coefficient (Wildman–Crippen LogP) is 1.85. The van der Waals surface area contributed by atoms with E-state index in [1.807, 2.05) is 0 Å². The number of esters is 1. The van der Waals surface area contributed by atoms with Gasteiger partial charge in [0.05, 0.1) is 12.8 Å². The monoisotopic (exact) mass is 210 g/mol. The Bertz CT molecular complexity index is 329. The third-order valence-corrected chi connectivity index (χ3v) is 3.04. The second-order valence-corrected chi connectivity index (χ2v) is 4.21. The van der Waals surface area contributed by atoms with E-state index in [9.17, 15) is 9.59 Å². The second-order valence-electron chi connectivity index (χ2n) is 4.21. The molecule has 1 saturated carbocycles. The molecule has 15 heavy (non-hydrogen) atoms. The third-order valence-electron chi connectivity index (χ3n) is 3.04. The number of aliphatic carboxylic acids is 1. The summed E-state index contributed by atoms with van der Waals surface area (Å²) in [5, 5.41) is 8.41. The summed E-state index contributed by atoms with van der Waals surface area (Å²) in [7, 11) is 0. The van der Waals surface area contributed by atoms with E-state index >= 15 is 0 Å². The van der Waals surface area contributed by atoms with Crippen molar-refractivity contribution < 1.29 is 19.4 Å². The molecule has 0 heterocycles. The average molecular weight is 210 g/mol. The molecule has 82 valence electrons. The molecule has 4 nitrogen and oxygen atoms in total. The van der Waals surface area contributed by atoms with Gasteiger partial charge in [-0.25, -0.2) is 0 Å². The van der Waals surface area contributed by atoms with Gasteiger partial charge in [-0.15, -0.1) is 0 Å². The van der Waals surface area contributed by atoms with Gasteiger partial charge < -0.3 is 9.84 Å². The van der Waals surface area contributed by atoms with Crippen LogP contribution in [-0.4, -0.2) is 17.0 Å². The number of fused-ring (bicyclic) bond motifs is 2. The average Bonchev–Trinajstić information content (AvgIpc) is 2.76. The fourth-order valence-electron chi connectivity index (χ4n) is 2.28. The Hall–Kier alpha value is -1.32. The molecule has 2 aliphatic carbocycles. The number of ether oxygens (including phenoxy) is 1. The molecule has 0 radical (unpaired) electrons. The van der Waals surface area contributed by atoms with Gasteiger partial charge in [-0.3, -0.25) is 9.59 Å². The van der Waals surface area contributed by atoms with Crippen LogP contribution < -0.4 is 0 Å². The van der Waals surface area contributed by atoms with Crippen LogP contribution in [0.2, 0.25) is 0 Å². The summed E-state index contributed by atoms with van der Waals surface area (Å²) in [5.74, 6) is 0.119. The molecule has 0 aliphatic heterocycles. The Kier molecular flexibility index (Phi) is 2.75. The maximum atomic E-state index is 11.3. The smallest absolute Gasteiger partial charge is 0.311 e. The minimum atomic E-state index is -0.961. The highest BCUT2D eigenvalue weighted by molar-refractivity contribution is 5.77. The minimum Gasteiger partial charge on any atom is -0.481 e. The summed E-state index contributed by atoms with van der Waals surface area (Å²) in [5.41, 5.74) is 1.27. The highest BCUT2D eigenvalue weighted by atomic mass is 16.5. The molecule has 0 aromatic heterocycles. The first-order valence-corrected chi connectivity index (χ1v) is 5.28. The number of carboxylic acids is 1. The molecule has 0 saturated heterocycles. The first-order chi connectivity index (χ1) is 7.15. The number of hydrogen-bond donors (Lipinski definition) is 1. The highest BCUT2D eigenvalue weighted by Gasteiger charge is 2.32. The van der Waals surface area contributed by atoms with Crippen molar-refractivity contribution in [2.45, 2.75) is 38.5 Å². The van der Waals surface area contributed by atoms with E-state index in [-0.39, 0.29) is 12.8 Å². The van der Waals surface area contributed by atoms with Gasteiger partial charge >= 0.3 is 11.9 Å². The predicted molar refractivity (Wildman–Crippen MR) is 51.9 cm³/mol. The SMILES string of the molecule is O=C(O)CCC(=O)OC1=C2CCC(C2)C1. The molecule has 1 N–H and O–H groups in total. The van der Waals surface area contributed by atoms with E-state index in [4.69, 9.17) is 9.84 Å². The van der Waals surface area contributed by atoms with Gasteiger partial charge in [-0.05, 0) is 30.8 Å². The van der Waals surface area contributed by atoms with Crippen molar-refractivity contribution in [1.29, 1.82) is 0 Å². The molecule has 1 unspecified atom stereocenters. The van der Waals surface area contributed by atoms with Crippen LogP contribution in [0.5, 0.6) is 0 Å². The molecule has 4 heteroatoms. The van der Waals surface area contributed by atoms with Gasteiger partial charge in [0.15, 0.2) is 0 Å². The molecule has 0 amide bonds. The van der Waals surface area contributed by atoms with Crippen LogP contribution in [0, 0.1) is 5.92 Å². The van der Waals surface area contributed by atoms with Crippen LogP contribution >= 0.6 is 0 Å². The van der Waals surface area contributed by atoms with Crippen LogP contribution in [0.15, 0.2) is 11.3 Å². The van der Waals surface area contributed by atoms with Crippen molar-refractivity contribution in [1.82, 2.24) is 0 Å². The zero-order chi connectivity index (χ0) is 10.8. The Balaban J connectivity index is 1.82. The van der Waals surface area contributed by atoms with Gasteiger partial charge in [-0.2, -0.15) is 0 Å². The lowest BCUT2D eigenvalue weighted by Crippen LogP contribution is -2.09. The Morgan fingerprint density at radius 3 is 2.67 bits per heavy atom. The molecule has 0 aromatic carbocycles. The molecule has 2 aliphatic rings. The van der Waals surface area contributed by atoms with Crippen molar-refractivity contribution in [2.75, 3.05) is 0 Å². The first kappa shape index (κ1) is 10.2. The van der Waals surface area contributed by atoms with Crippen molar-refractivity contribution in [3.63, 3.8) is 0 Å². The van der Waals surface area contributed by atoms with E-state index in [0.29, 0.717) is 5.92 Å². The fourth-order valence-corrected chi connectivity index (χ4v) is 2.28. The highest BCUT2D eigenvalue weighted by Crippen LogP contribution is 2.44. The second kappa shape index (κ2) is 4.04. The molecule has 2 bridgehead atoms. The zero-order valence-corrected chi connectivity index (χ0v) is 8.49. The summed E-state index contributed by atoms with van der Waals surface area (Å²) in [4.78, 5) is 21.5. The van der Waals surface area contributed by atoms with Crippen LogP contribution in [0.4, 0.5) is 0 Å². The normalized spacial score (nSPS) is 23.3. The molecular formula is C11H14O4. The van der Waals surface area contributed by atoms with E-state index < -0.39 is 11.9 Å². The van der Waals surface area contributed by atoms with Gasteiger partial charge in [0.1, 0.15) is 5.76 Å². The molecule has 1 fully saturated rings. The number of allylic oxidation sites excluding steroid dienone is 2. The zero-order valence-electron chi connectivity index (χ0n) is 8.49. The minimum absolute atomic E-state index is 0.0310. The quantitative estimate of drug-likeness (QED) is 0.719. The van der Waals surface area contributed by atoms with Crippen LogP contribution in [0.25, 0.3) is 0 Å². The lowest BCUT2D eigenvalue weighted by atomic mass is 10.1. The number of rotatable bonds is 4. The summed E-state index contributed by atoms with van der Waals surface area (Å²) >= 11 is 0. The van der Waals surface area contributed by atoms with E-state index in [1.54, 1.807) is 0 Å². The molecular weight excluding hydrogens is 196 g/mol. The third kappa shape index (κ3) is 2.37. The van der Waals surface area contributed by atoms with Crippen molar-refractivity contribution in [3.8, 4) is 0 Å². The van der Waals surface area contributed by atoms with E-state index in [1.165, 1.54) is 12.0 Å². The molecule has 1 atom stereocenters. The first-order valence-electron chi connectivity index (χ1n) is 5.28. The van der Waals surface area contributed by atoms with Gasteiger partial charge in [0.2, 0.25) is 0 Å². The number of carbonyl (C=O) groups is 2. The largest absolute Gasteiger partial charge is 0.481 e. The Labute approximate surface area is 87.9 Å². The fraction of sp³-hybridized carbons (Fsp3) is 0.636. The Morgan fingerprint density at radius 2 is 2.13 bits per heavy atom. The van der Waals surface area contributed by atoms with Crippen molar-refractivity contribution in [3.05, 3.63) is 11.3 Å². The van der Waals surface area contributed by atoms with Gasteiger partial charge in [0, 0.05) is 6.42 Å². The lowest BCUT2D eigenvalue weighted by molar-refractivity contribution is -0.145. The van der Waals surface area contributed by atoms with Crippen LogP contribution in [-0.2, 0) is 14.3 Å². The van der Waals surface area contributed by atoms with E-state index in [0.717, 1.165) is 25.0 Å². The van der Waals surface area contributed by atoms with Crippen LogP contribution in [0.3, 0.4) is 0 Å². The van der Waals surface area contributed by atoms with Crippen molar-refractivity contribution >= 4 is 11.9 Å². The number of carbonyl (C=O) groups excluding carboxylic acids is 1. The Morgan fingerprint density at radius 1 is 1.33 bits per heavy atom. The van der Waals surface area contributed by atoms with E-state index in [2.05, 4.69) is 0 Å². The van der Waals surface area contributed by atoms with Crippen molar-refractivity contribution in [2.24, 2.45) is 5.92 Å². The maximum absolute atomic E-state index is 11.3. The number of carboxylic acid groups (broad SMARTS) is 1. The summed E-state index contributed by atoms with van der Waals surface area (Å²) in [6, 6.07) is 0. The molecule has 0 spiro atoms.